The van der Waals surface area contributed by atoms with Gasteiger partial charge in [-0.25, -0.2) is 9.37 Å². The molecule has 17 heavy (non-hydrogen) atoms. The van der Waals surface area contributed by atoms with Crippen LogP contribution in [0.1, 0.15) is 5.69 Å². The Morgan fingerprint density at radius 1 is 1.35 bits per heavy atom. The molecule has 0 aliphatic rings. The van der Waals surface area contributed by atoms with Gasteiger partial charge in [0.1, 0.15) is 11.6 Å². The zero-order chi connectivity index (χ0) is 12.4. The van der Waals surface area contributed by atoms with Crippen LogP contribution in [0.15, 0.2) is 28.7 Å². The summed E-state index contributed by atoms with van der Waals surface area (Å²) in [6.07, 6.45) is 0. The van der Waals surface area contributed by atoms with Crippen LogP contribution in [0.2, 0.25) is 0 Å². The average Bonchev–Trinajstić information content (AvgIpc) is 2.22. The molecule has 1 aromatic carbocycles. The molecule has 0 bridgehead atoms. The minimum absolute atomic E-state index is 0.153. The molecule has 1 heterocycles. The summed E-state index contributed by atoms with van der Waals surface area (Å²) in [5.74, 6) is 0.245. The third-order valence-corrected chi connectivity index (χ3v) is 2.75. The van der Waals surface area contributed by atoms with Crippen LogP contribution in [0.25, 0.3) is 0 Å². The van der Waals surface area contributed by atoms with Crippen LogP contribution < -0.4 is 11.1 Å². The fourth-order valence-electron chi connectivity index (χ4n) is 1.40. The van der Waals surface area contributed by atoms with Crippen LogP contribution in [0.3, 0.4) is 0 Å². The van der Waals surface area contributed by atoms with Gasteiger partial charge in [0.05, 0.1) is 5.69 Å². The molecular formula is C11H10BrFN4. The summed E-state index contributed by atoms with van der Waals surface area (Å²) in [5, 5.41) is 2.87. The Morgan fingerprint density at radius 2 is 2.12 bits per heavy atom. The first-order valence-corrected chi connectivity index (χ1v) is 5.68. The van der Waals surface area contributed by atoms with Gasteiger partial charge < -0.3 is 11.1 Å². The number of anilines is 3. The second kappa shape index (κ2) is 4.67. The first-order chi connectivity index (χ1) is 8.06. The summed E-state index contributed by atoms with van der Waals surface area (Å²) in [4.78, 5) is 7.92. The van der Waals surface area contributed by atoms with E-state index < -0.39 is 0 Å². The van der Waals surface area contributed by atoms with Crippen molar-refractivity contribution in [2.75, 3.05) is 11.1 Å². The van der Waals surface area contributed by atoms with Crippen molar-refractivity contribution in [3.8, 4) is 0 Å². The number of rotatable bonds is 2. The lowest BCUT2D eigenvalue weighted by atomic mass is 10.3. The lowest BCUT2D eigenvalue weighted by molar-refractivity contribution is 0.631. The van der Waals surface area contributed by atoms with Crippen molar-refractivity contribution in [1.82, 2.24) is 9.97 Å². The molecule has 2 rings (SSSR count). The van der Waals surface area contributed by atoms with Gasteiger partial charge in [-0.3, -0.25) is 0 Å². The van der Waals surface area contributed by atoms with Crippen LogP contribution in [-0.4, -0.2) is 9.97 Å². The molecule has 3 N–H and O–H groups in total. The largest absolute Gasteiger partial charge is 0.368 e. The highest BCUT2D eigenvalue weighted by molar-refractivity contribution is 9.10. The molecule has 0 unspecified atom stereocenters. The molecule has 0 saturated carbocycles. The second-order valence-electron chi connectivity index (χ2n) is 3.47. The number of hydrogen-bond donors (Lipinski definition) is 2. The predicted molar refractivity (Wildman–Crippen MR) is 68.6 cm³/mol. The average molecular weight is 297 g/mol. The van der Waals surface area contributed by atoms with E-state index in [0.717, 1.165) is 0 Å². The van der Waals surface area contributed by atoms with Gasteiger partial charge in [-0.15, -0.1) is 0 Å². The van der Waals surface area contributed by atoms with Crippen molar-refractivity contribution in [3.63, 3.8) is 0 Å². The Balaban J connectivity index is 2.38. The van der Waals surface area contributed by atoms with E-state index in [4.69, 9.17) is 5.73 Å². The molecule has 0 amide bonds. The van der Waals surface area contributed by atoms with E-state index in [-0.39, 0.29) is 11.8 Å². The summed E-state index contributed by atoms with van der Waals surface area (Å²) in [6, 6.07) is 6.41. The molecule has 0 radical (unpaired) electrons. The number of nitrogen functional groups attached to an aromatic ring is 1. The van der Waals surface area contributed by atoms with Crippen LogP contribution >= 0.6 is 15.9 Å². The fraction of sp³-hybridized carbons (Fsp3) is 0.0909. The quantitative estimate of drug-likeness (QED) is 0.894. The Bertz CT molecular complexity index is 519. The Hall–Kier alpha value is -1.69. The van der Waals surface area contributed by atoms with Crippen molar-refractivity contribution >= 4 is 33.4 Å². The normalized spacial score (nSPS) is 10.3. The van der Waals surface area contributed by atoms with Gasteiger partial charge in [-0.05, 0) is 35.0 Å². The third-order valence-electron chi connectivity index (χ3n) is 2.09. The van der Waals surface area contributed by atoms with Gasteiger partial charge >= 0.3 is 0 Å². The number of benzene rings is 1. The maximum absolute atomic E-state index is 13.6. The topological polar surface area (TPSA) is 63.8 Å². The highest BCUT2D eigenvalue weighted by atomic mass is 79.9. The Kier molecular flexibility index (Phi) is 3.23. The van der Waals surface area contributed by atoms with E-state index in [1.165, 1.54) is 6.07 Å². The maximum atomic E-state index is 13.6. The monoisotopic (exact) mass is 296 g/mol. The van der Waals surface area contributed by atoms with E-state index in [1.54, 1.807) is 25.1 Å². The molecule has 0 spiro atoms. The Morgan fingerprint density at radius 3 is 2.76 bits per heavy atom. The zero-order valence-electron chi connectivity index (χ0n) is 9.04. The summed E-state index contributed by atoms with van der Waals surface area (Å²) < 4.78 is 14.2. The maximum Gasteiger partial charge on any atom is 0.222 e. The van der Waals surface area contributed by atoms with Gasteiger partial charge in [0, 0.05) is 16.2 Å². The van der Waals surface area contributed by atoms with E-state index in [9.17, 15) is 4.39 Å². The highest BCUT2D eigenvalue weighted by Gasteiger charge is 2.08. The molecule has 0 aliphatic heterocycles. The smallest absolute Gasteiger partial charge is 0.222 e. The highest BCUT2D eigenvalue weighted by Crippen LogP contribution is 2.28. The molecule has 0 fully saturated rings. The Labute approximate surface area is 106 Å². The van der Waals surface area contributed by atoms with Crippen LogP contribution in [-0.2, 0) is 0 Å². The van der Waals surface area contributed by atoms with E-state index >= 15 is 0 Å². The summed E-state index contributed by atoms with van der Waals surface area (Å²) in [6.45, 7) is 1.79. The third kappa shape index (κ3) is 2.71. The van der Waals surface area contributed by atoms with Crippen LogP contribution in [0, 0.1) is 12.7 Å². The van der Waals surface area contributed by atoms with Crippen molar-refractivity contribution in [1.29, 1.82) is 0 Å². The molecule has 0 aliphatic carbocycles. The number of nitrogens with two attached hydrogens (primary N) is 1. The predicted octanol–water partition coefficient (Wildman–Crippen LogP) is 3.01. The molecule has 1 aromatic heterocycles. The zero-order valence-corrected chi connectivity index (χ0v) is 10.6. The van der Waals surface area contributed by atoms with Crippen molar-refractivity contribution in [2.24, 2.45) is 0 Å². The van der Waals surface area contributed by atoms with Crippen molar-refractivity contribution < 1.29 is 4.39 Å². The van der Waals surface area contributed by atoms with Crippen LogP contribution in [0.4, 0.5) is 21.8 Å². The van der Waals surface area contributed by atoms with E-state index in [1.807, 2.05) is 0 Å². The molecule has 0 saturated heterocycles. The number of para-hydroxylation sites is 1. The number of halogens is 2. The molecule has 88 valence electrons. The second-order valence-corrected chi connectivity index (χ2v) is 4.33. The van der Waals surface area contributed by atoms with E-state index in [2.05, 4.69) is 31.2 Å². The first-order valence-electron chi connectivity index (χ1n) is 4.88. The van der Waals surface area contributed by atoms with Gasteiger partial charge in [-0.2, -0.15) is 4.98 Å². The SMILES string of the molecule is Cc1cc(Nc2c(F)cccc2Br)nc(N)n1. The summed E-state index contributed by atoms with van der Waals surface area (Å²) >= 11 is 3.26. The fourth-order valence-corrected chi connectivity index (χ4v) is 1.84. The lowest BCUT2D eigenvalue weighted by Gasteiger charge is -2.09. The lowest BCUT2D eigenvalue weighted by Crippen LogP contribution is -2.02. The van der Waals surface area contributed by atoms with Gasteiger partial charge in [0.15, 0.2) is 0 Å². The van der Waals surface area contributed by atoms with Crippen molar-refractivity contribution in [3.05, 3.63) is 40.2 Å². The van der Waals surface area contributed by atoms with Gasteiger partial charge in [0.2, 0.25) is 5.95 Å². The molecule has 6 heteroatoms. The molecule has 0 atom stereocenters. The summed E-state index contributed by atoms with van der Waals surface area (Å²) in [5.41, 5.74) is 6.56. The standard InChI is InChI=1S/C11H10BrFN4/c1-6-5-9(17-11(14)15-6)16-10-7(12)3-2-4-8(10)13/h2-5H,1H3,(H3,14,15,16,17). The first kappa shape index (κ1) is 11.8. The number of nitrogens with one attached hydrogen (secondary N) is 1. The van der Waals surface area contributed by atoms with E-state index in [0.29, 0.717) is 21.7 Å². The van der Waals surface area contributed by atoms with Crippen molar-refractivity contribution in [2.45, 2.75) is 6.92 Å². The van der Waals surface area contributed by atoms with Crippen LogP contribution in [0.5, 0.6) is 0 Å². The number of aromatic nitrogens is 2. The van der Waals surface area contributed by atoms with Gasteiger partial charge in [-0.1, -0.05) is 6.07 Å². The molecule has 4 nitrogen and oxygen atoms in total. The minimum atomic E-state index is -0.366. The summed E-state index contributed by atoms with van der Waals surface area (Å²) in [7, 11) is 0. The number of aryl methyl sites for hydroxylation is 1. The number of nitrogens with zero attached hydrogens (tertiary/aromatic N) is 2. The minimum Gasteiger partial charge on any atom is -0.368 e. The molecule has 2 aromatic rings. The molecular weight excluding hydrogens is 287 g/mol. The van der Waals surface area contributed by atoms with Gasteiger partial charge in [0.25, 0.3) is 0 Å². The number of hydrogen-bond acceptors (Lipinski definition) is 4.